The zero-order valence-electron chi connectivity index (χ0n) is 9.76. The molecule has 1 saturated heterocycles. The van der Waals surface area contributed by atoms with Crippen LogP contribution in [0.4, 0.5) is 5.82 Å². The Morgan fingerprint density at radius 2 is 2.22 bits per heavy atom. The van der Waals surface area contributed by atoms with Crippen molar-refractivity contribution < 1.29 is 14.3 Å². The molecule has 1 amide bonds. The number of carbonyl (C=O) groups is 2. The summed E-state index contributed by atoms with van der Waals surface area (Å²) >= 11 is 0. The molecule has 0 unspecified atom stereocenters. The highest BCUT2D eigenvalue weighted by Gasteiger charge is 2.30. The molecule has 1 fully saturated rings. The number of nitrogens with two attached hydrogens (primary N) is 1. The van der Waals surface area contributed by atoms with Crippen LogP contribution in [0.3, 0.4) is 0 Å². The van der Waals surface area contributed by atoms with Gasteiger partial charge >= 0.3 is 0 Å². The van der Waals surface area contributed by atoms with Crippen molar-refractivity contribution in [1.29, 1.82) is 0 Å². The van der Waals surface area contributed by atoms with Crippen LogP contribution in [0.1, 0.15) is 12.1 Å². The van der Waals surface area contributed by atoms with Gasteiger partial charge in [-0.1, -0.05) is 0 Å². The number of fused-ring (bicyclic) bond motifs is 1. The van der Waals surface area contributed by atoms with Crippen molar-refractivity contribution in [1.82, 2.24) is 4.98 Å². The minimum Gasteiger partial charge on any atom is -0.484 e. The maximum atomic E-state index is 11.7. The van der Waals surface area contributed by atoms with E-state index in [1.807, 2.05) is 0 Å². The van der Waals surface area contributed by atoms with E-state index in [1.54, 1.807) is 17.0 Å². The average Bonchev–Trinajstić information content (AvgIpc) is 2.67. The van der Waals surface area contributed by atoms with Crippen molar-refractivity contribution in [3.8, 4) is 5.75 Å². The van der Waals surface area contributed by atoms with Crippen molar-refractivity contribution in [2.75, 3.05) is 18.1 Å². The van der Waals surface area contributed by atoms with Gasteiger partial charge in [-0.05, 0) is 12.1 Å². The van der Waals surface area contributed by atoms with Crippen LogP contribution in [0, 0.1) is 0 Å². The molecule has 1 aromatic rings. The number of Topliss-reactive ketones (excluding diaryl/α,β-unsaturated/α-hetero) is 1. The number of anilines is 1. The number of ketones is 1. The molecule has 6 heteroatoms. The molecule has 0 saturated carbocycles. The molecule has 1 aromatic heterocycles. The first-order valence-corrected chi connectivity index (χ1v) is 5.84. The summed E-state index contributed by atoms with van der Waals surface area (Å²) in [6, 6.07) is 3.33. The van der Waals surface area contributed by atoms with Gasteiger partial charge in [0.25, 0.3) is 0 Å². The minimum absolute atomic E-state index is 0.00315. The van der Waals surface area contributed by atoms with E-state index in [9.17, 15) is 9.59 Å². The molecule has 0 aromatic carbocycles. The lowest BCUT2D eigenvalue weighted by atomic mass is 10.1. The van der Waals surface area contributed by atoms with Gasteiger partial charge in [-0.25, -0.2) is 4.98 Å². The van der Waals surface area contributed by atoms with Crippen LogP contribution in [0.2, 0.25) is 0 Å². The Balaban J connectivity index is 1.92. The number of hydrogen-bond acceptors (Lipinski definition) is 5. The third kappa shape index (κ3) is 1.84. The smallest absolute Gasteiger partial charge is 0.229 e. The summed E-state index contributed by atoms with van der Waals surface area (Å²) in [5.74, 6) is 1.13. The lowest BCUT2D eigenvalue weighted by Gasteiger charge is -2.20. The molecule has 0 spiro atoms. The Morgan fingerprint density at radius 1 is 1.39 bits per heavy atom. The summed E-state index contributed by atoms with van der Waals surface area (Å²) in [7, 11) is 0. The Labute approximate surface area is 104 Å². The summed E-state index contributed by atoms with van der Waals surface area (Å²) in [5, 5.41) is 0. The highest BCUT2D eigenvalue weighted by Crippen LogP contribution is 2.26. The number of amides is 1. The number of hydrogen-bond donors (Lipinski definition) is 1. The average molecular weight is 247 g/mol. The summed E-state index contributed by atoms with van der Waals surface area (Å²) in [4.78, 5) is 28.9. The van der Waals surface area contributed by atoms with E-state index in [2.05, 4.69) is 4.98 Å². The fourth-order valence-corrected chi connectivity index (χ4v) is 2.24. The van der Waals surface area contributed by atoms with Gasteiger partial charge in [-0.3, -0.25) is 14.5 Å². The Morgan fingerprint density at radius 3 is 2.94 bits per heavy atom. The molecule has 18 heavy (non-hydrogen) atoms. The summed E-state index contributed by atoms with van der Waals surface area (Å²) < 4.78 is 5.26. The van der Waals surface area contributed by atoms with Crippen LogP contribution in [-0.4, -0.2) is 35.9 Å². The Kier molecular flexibility index (Phi) is 2.52. The van der Waals surface area contributed by atoms with Crippen molar-refractivity contribution in [3.05, 3.63) is 17.8 Å². The van der Waals surface area contributed by atoms with Gasteiger partial charge in [0.05, 0.1) is 12.1 Å². The highest BCUT2D eigenvalue weighted by atomic mass is 16.5. The van der Waals surface area contributed by atoms with E-state index in [1.165, 1.54) is 0 Å². The van der Waals surface area contributed by atoms with Crippen molar-refractivity contribution in [2.24, 2.45) is 5.73 Å². The molecule has 2 aliphatic rings. The molecule has 2 aliphatic heterocycles. The van der Waals surface area contributed by atoms with Crippen molar-refractivity contribution in [2.45, 2.75) is 18.9 Å². The maximum absolute atomic E-state index is 11.7. The molecule has 2 N–H and O–H groups in total. The number of rotatable bonds is 1. The molecule has 94 valence electrons. The molecular weight excluding hydrogens is 234 g/mol. The lowest BCUT2D eigenvalue weighted by Crippen LogP contribution is -2.29. The SMILES string of the molecule is N[C@@H]1CC(=O)N(c2ccc3c(n2)CC(=O)CO3)C1. The molecule has 0 radical (unpaired) electrons. The topological polar surface area (TPSA) is 85.5 Å². The van der Waals surface area contributed by atoms with Gasteiger partial charge in [-0.2, -0.15) is 0 Å². The maximum Gasteiger partial charge on any atom is 0.229 e. The van der Waals surface area contributed by atoms with E-state index in [0.29, 0.717) is 30.2 Å². The zero-order valence-corrected chi connectivity index (χ0v) is 9.76. The molecule has 0 aliphatic carbocycles. The second-order valence-electron chi connectivity index (χ2n) is 4.59. The van der Waals surface area contributed by atoms with Gasteiger partial charge in [0.2, 0.25) is 5.91 Å². The molecule has 0 bridgehead atoms. The number of carbonyl (C=O) groups excluding carboxylic acids is 2. The standard InChI is InChI=1S/C12H13N3O3/c13-7-3-12(17)15(5-7)11-2-1-10-9(14-11)4-8(16)6-18-10/h1-2,7H,3-6,13H2/t7-/m1/s1. The van der Waals surface area contributed by atoms with Gasteiger partial charge in [0, 0.05) is 19.0 Å². The number of aromatic nitrogens is 1. The number of nitrogens with zero attached hydrogens (tertiary/aromatic N) is 2. The molecule has 6 nitrogen and oxygen atoms in total. The van der Waals surface area contributed by atoms with Crippen LogP contribution >= 0.6 is 0 Å². The molecule has 1 atom stereocenters. The largest absolute Gasteiger partial charge is 0.484 e. The predicted molar refractivity (Wildman–Crippen MR) is 63.4 cm³/mol. The van der Waals surface area contributed by atoms with Crippen molar-refractivity contribution >= 4 is 17.5 Å². The first-order valence-electron chi connectivity index (χ1n) is 5.84. The van der Waals surface area contributed by atoms with Crippen molar-refractivity contribution in [3.63, 3.8) is 0 Å². The Bertz CT molecular complexity index is 529. The van der Waals surface area contributed by atoms with E-state index in [4.69, 9.17) is 10.5 Å². The van der Waals surface area contributed by atoms with Crippen LogP contribution in [0.5, 0.6) is 5.75 Å². The van der Waals surface area contributed by atoms with E-state index < -0.39 is 0 Å². The van der Waals surface area contributed by atoms with E-state index in [0.717, 1.165) is 0 Å². The summed E-state index contributed by atoms with van der Waals surface area (Å²) in [6.45, 7) is 0.570. The first-order chi connectivity index (χ1) is 8.63. The monoisotopic (exact) mass is 247 g/mol. The van der Waals surface area contributed by atoms with Crippen LogP contribution in [0.15, 0.2) is 12.1 Å². The molecule has 3 rings (SSSR count). The highest BCUT2D eigenvalue weighted by molar-refractivity contribution is 5.95. The fraction of sp³-hybridized carbons (Fsp3) is 0.417. The number of ether oxygens (including phenoxy) is 1. The minimum atomic E-state index is -0.145. The molecule has 3 heterocycles. The summed E-state index contributed by atoms with van der Waals surface area (Å²) in [5.41, 5.74) is 6.34. The molecular formula is C12H13N3O3. The third-order valence-electron chi connectivity index (χ3n) is 3.10. The van der Waals surface area contributed by atoms with Crippen LogP contribution in [-0.2, 0) is 16.0 Å². The summed E-state index contributed by atoms with van der Waals surface area (Å²) in [6.07, 6.45) is 0.603. The normalized spacial score (nSPS) is 22.9. The van der Waals surface area contributed by atoms with Gasteiger partial charge in [0.1, 0.15) is 18.2 Å². The first kappa shape index (κ1) is 11.2. The van der Waals surface area contributed by atoms with Gasteiger partial charge < -0.3 is 10.5 Å². The quantitative estimate of drug-likeness (QED) is 0.733. The van der Waals surface area contributed by atoms with Crippen LogP contribution in [0.25, 0.3) is 0 Å². The van der Waals surface area contributed by atoms with E-state index >= 15 is 0 Å². The predicted octanol–water partition coefficient (Wildman–Crippen LogP) is -0.350. The lowest BCUT2D eigenvalue weighted by molar-refractivity contribution is -0.121. The fourth-order valence-electron chi connectivity index (χ4n) is 2.24. The third-order valence-corrected chi connectivity index (χ3v) is 3.10. The second kappa shape index (κ2) is 4.06. The van der Waals surface area contributed by atoms with Gasteiger partial charge in [0.15, 0.2) is 5.78 Å². The van der Waals surface area contributed by atoms with E-state index in [-0.39, 0.29) is 30.8 Å². The zero-order chi connectivity index (χ0) is 12.7. The van der Waals surface area contributed by atoms with Crippen LogP contribution < -0.4 is 15.4 Å². The Hall–Kier alpha value is -1.95. The van der Waals surface area contributed by atoms with Gasteiger partial charge in [-0.15, -0.1) is 0 Å². The number of pyridine rings is 1. The second-order valence-corrected chi connectivity index (χ2v) is 4.59.